The number of nitrogens with zero attached hydrogens (tertiary/aromatic N) is 3. The molecule has 0 bridgehead atoms. The zero-order valence-electron chi connectivity index (χ0n) is 14.2. The van der Waals surface area contributed by atoms with Crippen LogP contribution in [0, 0.1) is 6.92 Å². The monoisotopic (exact) mass is 340 g/mol. The Morgan fingerprint density at radius 2 is 1.96 bits per heavy atom. The zero-order valence-corrected chi connectivity index (χ0v) is 15.0. The Balaban J connectivity index is 1.68. The summed E-state index contributed by atoms with van der Waals surface area (Å²) in [5.41, 5.74) is 1.12. The summed E-state index contributed by atoms with van der Waals surface area (Å²) < 4.78 is 5.75. The first kappa shape index (κ1) is 16.4. The molecule has 0 atom stereocenters. The molecule has 0 radical (unpaired) electrons. The second-order valence-corrected chi connectivity index (χ2v) is 7.62. The quantitative estimate of drug-likeness (QED) is 0.720. The van der Waals surface area contributed by atoms with Crippen molar-refractivity contribution in [3.05, 3.63) is 52.8 Å². The van der Waals surface area contributed by atoms with E-state index < -0.39 is 0 Å². The van der Waals surface area contributed by atoms with Crippen LogP contribution in [0.5, 0.6) is 0 Å². The van der Waals surface area contributed by atoms with Gasteiger partial charge in [-0.15, -0.1) is 0 Å². The highest BCUT2D eigenvalue weighted by molar-refractivity contribution is 7.16. The van der Waals surface area contributed by atoms with Gasteiger partial charge in [0.15, 0.2) is 5.13 Å². The molecule has 0 spiro atoms. The van der Waals surface area contributed by atoms with Gasteiger partial charge in [0.1, 0.15) is 11.6 Å². The highest BCUT2D eigenvalue weighted by Gasteiger charge is 2.18. The van der Waals surface area contributed by atoms with Crippen molar-refractivity contribution in [1.29, 1.82) is 0 Å². The van der Waals surface area contributed by atoms with Gasteiger partial charge >= 0.3 is 0 Å². The molecular weight excluding hydrogens is 320 g/mol. The van der Waals surface area contributed by atoms with E-state index in [-0.39, 0.29) is 5.41 Å². The lowest BCUT2D eigenvalue weighted by molar-refractivity contribution is 0.403. The second-order valence-electron chi connectivity index (χ2n) is 6.56. The van der Waals surface area contributed by atoms with Crippen molar-refractivity contribution in [1.82, 2.24) is 15.0 Å². The number of oxazole rings is 1. The van der Waals surface area contributed by atoms with E-state index in [2.05, 4.69) is 41.0 Å². The fourth-order valence-electron chi connectivity index (χ4n) is 2.00. The molecule has 1 N–H and O–H groups in total. The maximum absolute atomic E-state index is 5.75. The molecule has 0 aliphatic rings. The number of pyridine rings is 1. The maximum Gasteiger partial charge on any atom is 0.218 e. The molecule has 0 aliphatic carbocycles. The summed E-state index contributed by atoms with van der Waals surface area (Å²) in [7, 11) is 0. The van der Waals surface area contributed by atoms with E-state index in [1.54, 1.807) is 23.7 Å². The number of hydrogen-bond acceptors (Lipinski definition) is 6. The van der Waals surface area contributed by atoms with Crippen molar-refractivity contribution in [3.63, 3.8) is 0 Å². The van der Waals surface area contributed by atoms with E-state index in [9.17, 15) is 0 Å². The van der Waals surface area contributed by atoms with Gasteiger partial charge in [0, 0.05) is 28.8 Å². The molecule has 3 aromatic heterocycles. The first-order chi connectivity index (χ1) is 11.4. The molecule has 5 nitrogen and oxygen atoms in total. The van der Waals surface area contributed by atoms with Crippen LogP contribution in [-0.4, -0.2) is 15.0 Å². The SMILES string of the molecule is Cc1ccnc(Nc2ncc(/C=C/c3ncc(C(C)(C)C)o3)s2)c1. The number of rotatable bonds is 4. The third-order valence-corrected chi connectivity index (χ3v) is 4.20. The van der Waals surface area contributed by atoms with Crippen LogP contribution in [-0.2, 0) is 5.41 Å². The normalized spacial score (nSPS) is 12.0. The van der Waals surface area contributed by atoms with Crippen LogP contribution in [0.1, 0.15) is 42.9 Å². The van der Waals surface area contributed by atoms with E-state index in [4.69, 9.17) is 4.42 Å². The van der Waals surface area contributed by atoms with Crippen LogP contribution >= 0.6 is 11.3 Å². The van der Waals surface area contributed by atoms with Gasteiger partial charge in [-0.1, -0.05) is 32.1 Å². The predicted molar refractivity (Wildman–Crippen MR) is 98.5 cm³/mol. The number of nitrogens with one attached hydrogen (secondary N) is 1. The Hall–Kier alpha value is -2.47. The van der Waals surface area contributed by atoms with Crippen molar-refractivity contribution in [2.24, 2.45) is 0 Å². The fraction of sp³-hybridized carbons (Fsp3) is 0.278. The van der Waals surface area contributed by atoms with Crippen LogP contribution in [0.2, 0.25) is 0 Å². The van der Waals surface area contributed by atoms with Crippen molar-refractivity contribution in [3.8, 4) is 0 Å². The van der Waals surface area contributed by atoms with E-state index in [0.29, 0.717) is 5.89 Å². The Bertz CT molecular complexity index is 858. The van der Waals surface area contributed by atoms with Crippen LogP contribution in [0.25, 0.3) is 12.2 Å². The van der Waals surface area contributed by atoms with Crippen LogP contribution < -0.4 is 5.32 Å². The van der Waals surface area contributed by atoms with Crippen molar-refractivity contribution < 1.29 is 4.42 Å². The predicted octanol–water partition coefficient (Wildman–Crippen LogP) is 5.05. The smallest absolute Gasteiger partial charge is 0.218 e. The summed E-state index contributed by atoms with van der Waals surface area (Å²) in [5.74, 6) is 2.27. The van der Waals surface area contributed by atoms with Gasteiger partial charge in [-0.25, -0.2) is 15.0 Å². The van der Waals surface area contributed by atoms with Crippen molar-refractivity contribution in [2.75, 3.05) is 5.32 Å². The minimum atomic E-state index is -0.0402. The van der Waals surface area contributed by atoms with Gasteiger partial charge in [-0.05, 0) is 30.7 Å². The Morgan fingerprint density at radius 3 is 2.67 bits per heavy atom. The molecule has 0 amide bonds. The molecule has 0 saturated carbocycles. The topological polar surface area (TPSA) is 63.8 Å². The average Bonchev–Trinajstić information content (AvgIpc) is 3.13. The third kappa shape index (κ3) is 4.08. The number of aryl methyl sites for hydroxylation is 1. The van der Waals surface area contributed by atoms with Crippen molar-refractivity contribution in [2.45, 2.75) is 33.1 Å². The molecule has 6 heteroatoms. The lowest BCUT2D eigenvalue weighted by Crippen LogP contribution is -2.09. The molecule has 24 heavy (non-hydrogen) atoms. The number of anilines is 2. The van der Waals surface area contributed by atoms with E-state index in [1.807, 2.05) is 37.4 Å². The first-order valence-corrected chi connectivity index (χ1v) is 8.52. The second kappa shape index (κ2) is 6.57. The van der Waals surface area contributed by atoms with Crippen LogP contribution in [0.4, 0.5) is 10.9 Å². The standard InChI is InChI=1S/C18H20N4OS/c1-12-7-8-19-15(9-12)22-17-21-10-13(24-17)5-6-16-20-11-14(23-16)18(2,3)4/h5-11H,1-4H3,(H,19,21,22)/b6-5+. The first-order valence-electron chi connectivity index (χ1n) is 7.70. The van der Waals surface area contributed by atoms with Gasteiger partial charge in [-0.2, -0.15) is 0 Å². The third-order valence-electron chi connectivity index (χ3n) is 3.33. The fourth-order valence-corrected chi connectivity index (χ4v) is 2.73. The average molecular weight is 340 g/mol. The highest BCUT2D eigenvalue weighted by atomic mass is 32.1. The molecule has 124 valence electrons. The van der Waals surface area contributed by atoms with E-state index in [1.165, 1.54) is 0 Å². The minimum absolute atomic E-state index is 0.0402. The zero-order chi connectivity index (χ0) is 17.2. The van der Waals surface area contributed by atoms with Crippen molar-refractivity contribution >= 4 is 34.4 Å². The molecule has 0 unspecified atom stereocenters. The summed E-state index contributed by atoms with van der Waals surface area (Å²) in [4.78, 5) is 13.9. The lowest BCUT2D eigenvalue weighted by atomic mass is 9.94. The summed E-state index contributed by atoms with van der Waals surface area (Å²) in [6.07, 6.45) is 9.18. The van der Waals surface area contributed by atoms with E-state index >= 15 is 0 Å². The summed E-state index contributed by atoms with van der Waals surface area (Å²) in [5, 5.41) is 4.01. The number of aromatic nitrogens is 3. The molecule has 3 heterocycles. The summed E-state index contributed by atoms with van der Waals surface area (Å²) in [6.45, 7) is 8.33. The Kier molecular flexibility index (Phi) is 4.49. The maximum atomic E-state index is 5.75. The largest absolute Gasteiger partial charge is 0.441 e. The summed E-state index contributed by atoms with van der Waals surface area (Å²) in [6, 6.07) is 3.95. The molecular formula is C18H20N4OS. The highest BCUT2D eigenvalue weighted by Crippen LogP contribution is 2.25. The molecule has 3 rings (SSSR count). The lowest BCUT2D eigenvalue weighted by Gasteiger charge is -2.12. The molecule has 3 aromatic rings. The van der Waals surface area contributed by atoms with Crippen LogP contribution in [0.3, 0.4) is 0 Å². The molecule has 0 saturated heterocycles. The van der Waals surface area contributed by atoms with Gasteiger partial charge in [-0.3, -0.25) is 0 Å². The summed E-state index contributed by atoms with van der Waals surface area (Å²) >= 11 is 1.55. The Labute approximate surface area is 145 Å². The van der Waals surface area contributed by atoms with Gasteiger partial charge in [0.05, 0.1) is 6.20 Å². The Morgan fingerprint density at radius 1 is 1.12 bits per heavy atom. The molecule has 0 fully saturated rings. The molecule has 0 aliphatic heterocycles. The number of hydrogen-bond donors (Lipinski definition) is 1. The van der Waals surface area contributed by atoms with Crippen LogP contribution in [0.15, 0.2) is 35.1 Å². The van der Waals surface area contributed by atoms with Gasteiger partial charge in [0.25, 0.3) is 0 Å². The van der Waals surface area contributed by atoms with Gasteiger partial charge in [0.2, 0.25) is 5.89 Å². The van der Waals surface area contributed by atoms with E-state index in [0.717, 1.165) is 27.2 Å². The molecule has 0 aromatic carbocycles. The number of thiazole rings is 1. The minimum Gasteiger partial charge on any atom is -0.441 e. The van der Waals surface area contributed by atoms with Gasteiger partial charge < -0.3 is 9.73 Å².